The molecule has 4 nitrogen and oxygen atoms in total. The maximum absolute atomic E-state index is 10.4. The molecule has 0 aromatic carbocycles. The van der Waals surface area contributed by atoms with Crippen LogP contribution in [0.2, 0.25) is 0 Å². The van der Waals surface area contributed by atoms with Crippen LogP contribution in [-0.4, -0.2) is 18.9 Å². The van der Waals surface area contributed by atoms with Gasteiger partial charge in [0.2, 0.25) is 0 Å². The van der Waals surface area contributed by atoms with E-state index in [9.17, 15) is 13.9 Å². The molecule has 0 aliphatic carbocycles. The van der Waals surface area contributed by atoms with Crippen LogP contribution in [-0.2, 0) is 16.7 Å². The van der Waals surface area contributed by atoms with Crippen LogP contribution in [0.1, 0.15) is 18.7 Å². The van der Waals surface area contributed by atoms with Crippen molar-refractivity contribution in [2.24, 2.45) is 0 Å². The van der Waals surface area contributed by atoms with Crippen molar-refractivity contribution in [3.05, 3.63) is 11.1 Å². The van der Waals surface area contributed by atoms with E-state index in [0.717, 1.165) is 11.3 Å². The summed E-state index contributed by atoms with van der Waals surface area (Å²) >= 11 is -1.32. The zero-order valence-electron chi connectivity index (χ0n) is 6.60. The fourth-order valence-corrected chi connectivity index (χ4v) is 1.95. The van der Waals surface area contributed by atoms with Gasteiger partial charge in [-0.1, -0.05) is 0 Å². The van der Waals surface area contributed by atoms with Crippen molar-refractivity contribution in [1.29, 1.82) is 0 Å². The van der Waals surface area contributed by atoms with Crippen LogP contribution >= 0.6 is 11.3 Å². The van der Waals surface area contributed by atoms with Gasteiger partial charge >= 0.3 is 0 Å². The third kappa shape index (κ3) is 2.10. The molecular formula is C6H8NO3S2-. The van der Waals surface area contributed by atoms with E-state index in [1.54, 1.807) is 13.8 Å². The second kappa shape index (κ2) is 3.21. The van der Waals surface area contributed by atoms with Gasteiger partial charge in [0.25, 0.3) is 0 Å². The molecule has 0 saturated carbocycles. The molecule has 6 heteroatoms. The van der Waals surface area contributed by atoms with E-state index < -0.39 is 16.7 Å². The van der Waals surface area contributed by atoms with E-state index >= 15 is 0 Å². The lowest BCUT2D eigenvalue weighted by molar-refractivity contribution is 0.0823. The average Bonchev–Trinajstić information content (AvgIpc) is 2.30. The van der Waals surface area contributed by atoms with Gasteiger partial charge in [0, 0.05) is 17.3 Å². The lowest BCUT2D eigenvalue weighted by atomic mass is 10.1. The van der Waals surface area contributed by atoms with Crippen LogP contribution in [0.15, 0.2) is 10.5 Å². The summed E-state index contributed by atoms with van der Waals surface area (Å²) in [6.07, 6.45) is 1.37. The highest BCUT2D eigenvalue weighted by molar-refractivity contribution is 7.81. The molecule has 1 aromatic rings. The monoisotopic (exact) mass is 206 g/mol. The summed E-state index contributed by atoms with van der Waals surface area (Å²) in [4.78, 5) is 4.17. The predicted molar refractivity (Wildman–Crippen MR) is 44.5 cm³/mol. The minimum atomic E-state index is -2.30. The number of hydrogen-bond donors (Lipinski definition) is 1. The van der Waals surface area contributed by atoms with Gasteiger partial charge in [0.05, 0.1) is 10.5 Å². The molecule has 0 aliphatic heterocycles. The SMILES string of the molecule is CC(C)(O)c1cnc(S(=O)[O-])s1. The minimum Gasteiger partial charge on any atom is -0.767 e. The van der Waals surface area contributed by atoms with E-state index in [4.69, 9.17) is 0 Å². The van der Waals surface area contributed by atoms with Crippen LogP contribution in [0.3, 0.4) is 0 Å². The molecule has 0 amide bonds. The number of rotatable bonds is 2. The minimum absolute atomic E-state index is 0.00660. The quantitative estimate of drug-likeness (QED) is 0.719. The molecule has 1 atom stereocenters. The molecule has 0 bridgehead atoms. The molecule has 12 heavy (non-hydrogen) atoms. The first-order chi connectivity index (χ1) is 5.41. The summed E-state index contributed by atoms with van der Waals surface area (Å²) in [5, 5.41) is 9.45. The first kappa shape index (κ1) is 9.79. The molecule has 1 rings (SSSR count). The van der Waals surface area contributed by atoms with Gasteiger partial charge in [-0.25, -0.2) is 4.98 Å². The Morgan fingerprint density at radius 2 is 2.33 bits per heavy atom. The van der Waals surface area contributed by atoms with E-state index in [1.807, 2.05) is 0 Å². The molecule has 0 aliphatic rings. The van der Waals surface area contributed by atoms with Gasteiger partial charge in [0.15, 0.2) is 4.34 Å². The van der Waals surface area contributed by atoms with E-state index in [-0.39, 0.29) is 4.34 Å². The first-order valence-electron chi connectivity index (χ1n) is 3.19. The predicted octanol–water partition coefficient (Wildman–Crippen LogP) is 0.609. The van der Waals surface area contributed by atoms with E-state index in [1.165, 1.54) is 6.20 Å². The maximum Gasteiger partial charge on any atom is 0.167 e. The second-order valence-electron chi connectivity index (χ2n) is 2.78. The highest BCUT2D eigenvalue weighted by Gasteiger charge is 2.19. The van der Waals surface area contributed by atoms with Crippen molar-refractivity contribution in [2.45, 2.75) is 23.8 Å². The number of aliphatic hydroxyl groups is 1. The summed E-state index contributed by atoms with van der Waals surface area (Å²) in [6, 6.07) is 0. The van der Waals surface area contributed by atoms with Gasteiger partial charge in [-0.2, -0.15) is 0 Å². The van der Waals surface area contributed by atoms with E-state index in [0.29, 0.717) is 4.88 Å². The van der Waals surface area contributed by atoms with Crippen LogP contribution in [0.5, 0.6) is 0 Å². The Bertz CT molecular complexity index is 302. The lowest BCUT2D eigenvalue weighted by Gasteiger charge is -2.13. The topological polar surface area (TPSA) is 73.2 Å². The third-order valence-electron chi connectivity index (χ3n) is 1.23. The van der Waals surface area contributed by atoms with Gasteiger partial charge in [-0.3, -0.25) is 4.21 Å². The largest absolute Gasteiger partial charge is 0.767 e. The summed E-state index contributed by atoms with van der Waals surface area (Å²) in [6.45, 7) is 3.16. The molecule has 0 fully saturated rings. The van der Waals surface area contributed by atoms with Crippen molar-refractivity contribution in [3.8, 4) is 0 Å². The summed E-state index contributed by atoms with van der Waals surface area (Å²) in [7, 11) is 0. The molecular weight excluding hydrogens is 198 g/mol. The molecule has 1 heterocycles. The van der Waals surface area contributed by atoms with Crippen LogP contribution in [0.25, 0.3) is 0 Å². The number of aromatic nitrogens is 1. The van der Waals surface area contributed by atoms with Gasteiger partial charge in [-0.15, -0.1) is 11.3 Å². The summed E-state index contributed by atoms with van der Waals surface area (Å²) < 4.78 is 20.8. The van der Waals surface area contributed by atoms with Gasteiger partial charge < -0.3 is 9.66 Å². The third-order valence-corrected chi connectivity index (χ3v) is 3.38. The van der Waals surface area contributed by atoms with Crippen molar-refractivity contribution < 1.29 is 13.9 Å². The van der Waals surface area contributed by atoms with Crippen LogP contribution in [0, 0.1) is 0 Å². The smallest absolute Gasteiger partial charge is 0.167 e. The Balaban J connectivity index is 3.00. The summed E-state index contributed by atoms with van der Waals surface area (Å²) in [5.74, 6) is 0. The first-order valence-corrected chi connectivity index (χ1v) is 5.08. The Kier molecular flexibility index (Phi) is 2.62. The lowest BCUT2D eigenvalue weighted by Crippen LogP contribution is -2.12. The number of nitrogens with zero attached hydrogens (tertiary/aromatic N) is 1. The Morgan fingerprint density at radius 1 is 1.75 bits per heavy atom. The van der Waals surface area contributed by atoms with Crippen molar-refractivity contribution in [2.75, 3.05) is 0 Å². The molecule has 1 aromatic heterocycles. The second-order valence-corrected chi connectivity index (χ2v) is 4.93. The Labute approximate surface area is 76.6 Å². The Hall–Kier alpha value is -0.300. The van der Waals surface area contributed by atoms with Crippen molar-refractivity contribution in [3.63, 3.8) is 0 Å². The highest BCUT2D eigenvalue weighted by Crippen LogP contribution is 2.26. The molecule has 1 unspecified atom stereocenters. The number of hydrogen-bond acceptors (Lipinski definition) is 5. The highest BCUT2D eigenvalue weighted by atomic mass is 32.2. The molecule has 0 radical (unpaired) electrons. The summed E-state index contributed by atoms with van der Waals surface area (Å²) in [5.41, 5.74) is -1.02. The standard InChI is InChI=1S/C6H9NO3S2/c1-6(2,8)4-3-7-5(11-4)12(9)10/h3,8H,1-2H3,(H,9,10)/p-1. The molecule has 0 saturated heterocycles. The molecule has 0 spiro atoms. The zero-order chi connectivity index (χ0) is 9.35. The average molecular weight is 206 g/mol. The fourth-order valence-electron chi connectivity index (χ4n) is 0.618. The van der Waals surface area contributed by atoms with Crippen molar-refractivity contribution in [1.82, 2.24) is 4.98 Å². The van der Waals surface area contributed by atoms with Gasteiger partial charge in [-0.05, 0) is 13.8 Å². The van der Waals surface area contributed by atoms with Gasteiger partial charge in [0.1, 0.15) is 0 Å². The van der Waals surface area contributed by atoms with Crippen molar-refractivity contribution >= 4 is 22.4 Å². The number of thiazole rings is 1. The zero-order valence-corrected chi connectivity index (χ0v) is 8.24. The van der Waals surface area contributed by atoms with E-state index in [2.05, 4.69) is 4.98 Å². The molecule has 68 valence electrons. The van der Waals surface area contributed by atoms with Crippen LogP contribution < -0.4 is 0 Å². The molecule has 1 N–H and O–H groups in total. The Morgan fingerprint density at radius 3 is 2.58 bits per heavy atom. The fraction of sp³-hybridized carbons (Fsp3) is 0.500. The normalized spacial score (nSPS) is 14.7. The maximum atomic E-state index is 10.4. The van der Waals surface area contributed by atoms with Crippen LogP contribution in [0.4, 0.5) is 0 Å².